The normalized spacial score (nSPS) is 17.4. The van der Waals surface area contributed by atoms with Crippen molar-refractivity contribution in [3.63, 3.8) is 0 Å². The van der Waals surface area contributed by atoms with Crippen LogP contribution in [-0.2, 0) is 9.59 Å². The number of aliphatic hydroxyl groups excluding tert-OH is 1. The third-order valence-electron chi connectivity index (χ3n) is 6.23. The topological polar surface area (TPSA) is 79.7 Å². The molecular formula is C28H24N2O4S. The molecule has 1 amide bonds. The lowest BCUT2D eigenvalue weighted by molar-refractivity contribution is -0.132. The Labute approximate surface area is 207 Å². The van der Waals surface area contributed by atoms with E-state index >= 15 is 0 Å². The number of hydrogen-bond acceptors (Lipinski definition) is 6. The molecule has 1 aliphatic heterocycles. The quantitative estimate of drug-likeness (QED) is 0.223. The van der Waals surface area contributed by atoms with Gasteiger partial charge in [0.05, 0.1) is 28.9 Å². The number of thiazole rings is 1. The first-order valence-corrected chi connectivity index (χ1v) is 12.0. The molecule has 0 aliphatic carbocycles. The fraction of sp³-hybridized carbons (Fsp3) is 0.179. The molecule has 0 unspecified atom stereocenters. The molecule has 1 atom stereocenters. The van der Waals surface area contributed by atoms with Gasteiger partial charge >= 0.3 is 5.91 Å². The summed E-state index contributed by atoms with van der Waals surface area (Å²) in [7, 11) is 1.55. The average Bonchev–Trinajstić information content (AvgIpc) is 3.38. The highest BCUT2D eigenvalue weighted by atomic mass is 32.1. The zero-order chi connectivity index (χ0) is 24.9. The average molecular weight is 485 g/mol. The summed E-state index contributed by atoms with van der Waals surface area (Å²) in [5.74, 6) is -1.06. The maximum Gasteiger partial charge on any atom is 0.301 e. The molecule has 2 heterocycles. The summed E-state index contributed by atoms with van der Waals surface area (Å²) in [6.45, 7) is 5.96. The summed E-state index contributed by atoms with van der Waals surface area (Å²) < 4.78 is 6.14. The van der Waals surface area contributed by atoms with Crippen LogP contribution in [0.4, 0.5) is 5.13 Å². The first kappa shape index (κ1) is 22.8. The van der Waals surface area contributed by atoms with Gasteiger partial charge in [0.2, 0.25) is 0 Å². The fourth-order valence-electron chi connectivity index (χ4n) is 4.46. The zero-order valence-electron chi connectivity index (χ0n) is 19.8. The van der Waals surface area contributed by atoms with E-state index in [-0.39, 0.29) is 11.3 Å². The van der Waals surface area contributed by atoms with Crippen molar-refractivity contribution in [2.45, 2.75) is 26.8 Å². The molecule has 1 aliphatic rings. The van der Waals surface area contributed by atoms with E-state index in [0.29, 0.717) is 16.4 Å². The van der Waals surface area contributed by atoms with Gasteiger partial charge in [-0.25, -0.2) is 4.98 Å². The van der Waals surface area contributed by atoms with Crippen LogP contribution in [-0.4, -0.2) is 28.9 Å². The number of ketones is 1. The number of methoxy groups -OCH3 is 1. The number of anilines is 1. The molecule has 35 heavy (non-hydrogen) atoms. The minimum atomic E-state index is -0.806. The number of nitrogens with zero attached hydrogens (tertiary/aromatic N) is 2. The van der Waals surface area contributed by atoms with Crippen molar-refractivity contribution in [1.29, 1.82) is 0 Å². The van der Waals surface area contributed by atoms with E-state index in [1.54, 1.807) is 31.4 Å². The van der Waals surface area contributed by atoms with Gasteiger partial charge in [-0.05, 0) is 67.8 Å². The first-order chi connectivity index (χ1) is 16.8. The standard InChI is InChI=1S/C28H24N2O4S/c1-15-5-7-18(8-6-15)24-22(25(31)19-9-11-20(34-4)12-10-19)26(32)27(33)30(24)28-29-23-17(3)13-16(2)14-21(23)35-28/h5-14,24,31H,1-4H3/t24-/m0/s1. The highest BCUT2D eigenvalue weighted by molar-refractivity contribution is 7.22. The summed E-state index contributed by atoms with van der Waals surface area (Å²) in [4.78, 5) is 32.9. The molecule has 1 saturated heterocycles. The number of aryl methyl sites for hydroxylation is 3. The number of carbonyl (C=O) groups is 2. The number of Topliss-reactive ketones (excluding diaryl/α,β-unsaturated/α-hetero) is 1. The summed E-state index contributed by atoms with van der Waals surface area (Å²) in [5, 5.41) is 11.7. The molecule has 1 N–H and O–H groups in total. The lowest BCUT2D eigenvalue weighted by Gasteiger charge is -2.23. The molecule has 0 bridgehead atoms. The number of carbonyl (C=O) groups excluding carboxylic acids is 2. The lowest BCUT2D eigenvalue weighted by Crippen LogP contribution is -2.29. The van der Waals surface area contributed by atoms with Crippen LogP contribution in [0.2, 0.25) is 0 Å². The van der Waals surface area contributed by atoms with Crippen molar-refractivity contribution in [2.75, 3.05) is 12.0 Å². The largest absolute Gasteiger partial charge is 0.507 e. The second-order valence-corrected chi connectivity index (χ2v) is 9.74. The molecule has 1 fully saturated rings. The molecule has 176 valence electrons. The van der Waals surface area contributed by atoms with Gasteiger partial charge in [-0.15, -0.1) is 0 Å². The SMILES string of the molecule is COc1ccc(C(O)=C2C(=O)C(=O)N(c3nc4c(C)cc(C)cc4s3)[C@H]2c2ccc(C)cc2)cc1. The van der Waals surface area contributed by atoms with Crippen molar-refractivity contribution < 1.29 is 19.4 Å². The minimum absolute atomic E-state index is 0.0381. The van der Waals surface area contributed by atoms with E-state index in [9.17, 15) is 14.7 Å². The summed E-state index contributed by atoms with van der Waals surface area (Å²) in [6.07, 6.45) is 0. The van der Waals surface area contributed by atoms with Gasteiger partial charge in [0.15, 0.2) is 5.13 Å². The Balaban J connectivity index is 1.72. The van der Waals surface area contributed by atoms with Crippen LogP contribution in [0.3, 0.4) is 0 Å². The Morgan fingerprint density at radius 1 is 0.971 bits per heavy atom. The van der Waals surface area contributed by atoms with Gasteiger partial charge in [-0.3, -0.25) is 14.5 Å². The highest BCUT2D eigenvalue weighted by Crippen LogP contribution is 2.44. The minimum Gasteiger partial charge on any atom is -0.507 e. The smallest absolute Gasteiger partial charge is 0.301 e. The predicted octanol–water partition coefficient (Wildman–Crippen LogP) is 5.86. The zero-order valence-corrected chi connectivity index (χ0v) is 20.6. The molecule has 0 radical (unpaired) electrons. The van der Waals surface area contributed by atoms with Crippen LogP contribution in [0.1, 0.15) is 33.9 Å². The van der Waals surface area contributed by atoms with E-state index < -0.39 is 17.7 Å². The number of fused-ring (bicyclic) bond motifs is 1. The van der Waals surface area contributed by atoms with Crippen molar-refractivity contribution >= 4 is 44.1 Å². The molecule has 3 aromatic carbocycles. The van der Waals surface area contributed by atoms with Crippen LogP contribution in [0.25, 0.3) is 16.0 Å². The summed E-state index contributed by atoms with van der Waals surface area (Å²) >= 11 is 1.37. The summed E-state index contributed by atoms with van der Waals surface area (Å²) in [6, 6.07) is 17.6. The molecule has 6 nitrogen and oxygen atoms in total. The number of ether oxygens (including phenoxy) is 1. The Kier molecular flexibility index (Phi) is 5.65. The molecule has 0 saturated carbocycles. The first-order valence-electron chi connectivity index (χ1n) is 11.2. The van der Waals surface area contributed by atoms with Crippen molar-refractivity contribution in [3.05, 3.63) is 94.1 Å². The predicted molar refractivity (Wildman–Crippen MR) is 138 cm³/mol. The van der Waals surface area contributed by atoms with Crippen LogP contribution < -0.4 is 9.64 Å². The van der Waals surface area contributed by atoms with Gasteiger partial charge < -0.3 is 9.84 Å². The number of amides is 1. The summed E-state index contributed by atoms with van der Waals surface area (Å²) in [5.41, 5.74) is 5.14. The third-order valence-corrected chi connectivity index (χ3v) is 7.23. The van der Waals surface area contributed by atoms with Gasteiger partial charge in [0.25, 0.3) is 5.78 Å². The second kappa shape index (κ2) is 8.67. The van der Waals surface area contributed by atoms with Crippen LogP contribution >= 0.6 is 11.3 Å². The Bertz CT molecular complexity index is 1500. The van der Waals surface area contributed by atoms with Crippen LogP contribution in [0, 0.1) is 20.8 Å². The molecule has 1 aromatic heterocycles. The van der Waals surface area contributed by atoms with Crippen LogP contribution in [0.15, 0.2) is 66.2 Å². The number of aromatic nitrogens is 1. The lowest BCUT2D eigenvalue weighted by atomic mass is 9.95. The van der Waals surface area contributed by atoms with Crippen LogP contribution in [0.5, 0.6) is 5.75 Å². The molecule has 0 spiro atoms. The van der Waals surface area contributed by atoms with Gasteiger partial charge in [0.1, 0.15) is 11.5 Å². The number of hydrogen-bond donors (Lipinski definition) is 1. The van der Waals surface area contributed by atoms with E-state index in [1.807, 2.05) is 57.2 Å². The number of benzene rings is 3. The van der Waals surface area contributed by atoms with Crippen molar-refractivity contribution in [3.8, 4) is 5.75 Å². The maximum absolute atomic E-state index is 13.4. The highest BCUT2D eigenvalue weighted by Gasteiger charge is 2.48. The monoisotopic (exact) mass is 484 g/mol. The molecule has 4 aromatic rings. The van der Waals surface area contributed by atoms with E-state index in [0.717, 1.165) is 32.5 Å². The molecular weight excluding hydrogens is 460 g/mol. The van der Waals surface area contributed by atoms with E-state index in [2.05, 4.69) is 0 Å². The van der Waals surface area contributed by atoms with Gasteiger partial charge in [0, 0.05) is 5.56 Å². The number of rotatable bonds is 4. The van der Waals surface area contributed by atoms with Gasteiger partial charge in [-0.2, -0.15) is 0 Å². The fourth-order valence-corrected chi connectivity index (χ4v) is 5.63. The Morgan fingerprint density at radius 3 is 2.31 bits per heavy atom. The van der Waals surface area contributed by atoms with E-state index in [1.165, 1.54) is 16.2 Å². The number of aliphatic hydroxyl groups is 1. The maximum atomic E-state index is 13.4. The Hall–Kier alpha value is -3.97. The Morgan fingerprint density at radius 2 is 1.66 bits per heavy atom. The van der Waals surface area contributed by atoms with Crippen molar-refractivity contribution in [2.24, 2.45) is 0 Å². The van der Waals surface area contributed by atoms with E-state index in [4.69, 9.17) is 9.72 Å². The molecule has 7 heteroatoms. The van der Waals surface area contributed by atoms with Gasteiger partial charge in [-0.1, -0.05) is 47.2 Å². The molecule has 5 rings (SSSR count). The second-order valence-electron chi connectivity index (χ2n) is 8.73. The third kappa shape index (κ3) is 3.88. The van der Waals surface area contributed by atoms with Crippen molar-refractivity contribution in [1.82, 2.24) is 4.98 Å².